The number of aliphatic hydroxyl groups is 1. The van der Waals surface area contributed by atoms with Crippen LogP contribution in [-0.4, -0.2) is 50.3 Å². The Labute approximate surface area is 245 Å². The number of anilines is 1. The highest BCUT2D eigenvalue weighted by molar-refractivity contribution is 6.31. The number of carbonyl (C=O) groups is 1. The Morgan fingerprint density at radius 3 is 2.76 bits per heavy atom. The molecule has 0 spiro atoms. The zero-order valence-electron chi connectivity index (χ0n) is 23.0. The van der Waals surface area contributed by atoms with Crippen LogP contribution in [0.2, 0.25) is 5.02 Å². The van der Waals surface area contributed by atoms with E-state index in [2.05, 4.69) is 30.7 Å². The number of nitrogens with one attached hydrogen (secondary N) is 1. The SMILES string of the molecule is C[C@@H]1CCC[C@H](n2cnc(-c3cc(Cl)ccc3-n3cc(CO)nn3)cc2=O)c2cc(ccn2)-c2c(cnn2C)NC1=O. The van der Waals surface area contributed by atoms with E-state index in [1.54, 1.807) is 46.0 Å². The maximum absolute atomic E-state index is 13.7. The smallest absolute Gasteiger partial charge is 0.254 e. The molecule has 0 saturated carbocycles. The largest absolute Gasteiger partial charge is 0.390 e. The molecular formula is C29H28ClN9O3. The molecule has 1 aliphatic rings. The average Bonchev–Trinajstić information content (AvgIpc) is 3.61. The Morgan fingerprint density at radius 2 is 1.98 bits per heavy atom. The minimum atomic E-state index is -0.411. The maximum atomic E-state index is 13.7. The second-order valence-corrected chi connectivity index (χ2v) is 10.8. The summed E-state index contributed by atoms with van der Waals surface area (Å²) in [4.78, 5) is 35.9. The lowest BCUT2D eigenvalue weighted by Crippen LogP contribution is -2.27. The highest BCUT2D eigenvalue weighted by Crippen LogP contribution is 2.33. The molecule has 42 heavy (non-hydrogen) atoms. The monoisotopic (exact) mass is 585 g/mol. The van der Waals surface area contributed by atoms with Crippen molar-refractivity contribution in [2.75, 3.05) is 5.32 Å². The standard InChI is InChI=1S/C29H28ClN9O3/c1-17-4-3-5-26(23-10-18(8-9-31-23)28-24(34-29(17)42)13-33-37(28)2)38-16-32-22(12-27(38)41)21-11-19(30)6-7-25(21)39-14-20(15-40)35-36-39/h6-14,16-17,26,40H,3-5,15H2,1-2H3,(H,34,42)/t17-,26+/m1/s1. The first-order valence-electron chi connectivity index (χ1n) is 13.5. The van der Waals surface area contributed by atoms with E-state index in [4.69, 9.17) is 11.6 Å². The second kappa shape index (κ2) is 11.3. The lowest BCUT2D eigenvalue weighted by molar-refractivity contribution is -0.119. The molecular weight excluding hydrogens is 558 g/mol. The summed E-state index contributed by atoms with van der Waals surface area (Å²) in [5.74, 6) is -0.305. The molecule has 1 aromatic carbocycles. The number of carbonyl (C=O) groups excluding carboxylic acids is 1. The van der Waals surface area contributed by atoms with Gasteiger partial charge in [0.05, 0.1) is 59.8 Å². The Morgan fingerprint density at radius 1 is 1.12 bits per heavy atom. The van der Waals surface area contributed by atoms with Gasteiger partial charge in [-0.1, -0.05) is 30.2 Å². The Hall–Kier alpha value is -4.68. The van der Waals surface area contributed by atoms with Gasteiger partial charge in [-0.15, -0.1) is 5.10 Å². The van der Waals surface area contributed by atoms with Crippen LogP contribution in [0.1, 0.15) is 43.6 Å². The van der Waals surface area contributed by atoms with Crippen LogP contribution < -0.4 is 10.9 Å². The first-order valence-corrected chi connectivity index (χ1v) is 13.9. The lowest BCUT2D eigenvalue weighted by atomic mass is 9.97. The van der Waals surface area contributed by atoms with E-state index in [9.17, 15) is 14.7 Å². The number of hydrogen-bond acceptors (Lipinski definition) is 8. The molecule has 0 unspecified atom stereocenters. The third kappa shape index (κ3) is 5.21. The van der Waals surface area contributed by atoms with Crippen molar-refractivity contribution in [3.05, 3.63) is 88.1 Å². The van der Waals surface area contributed by atoms with Crippen molar-refractivity contribution in [2.24, 2.45) is 13.0 Å². The van der Waals surface area contributed by atoms with Crippen LogP contribution in [0.25, 0.3) is 28.2 Å². The van der Waals surface area contributed by atoms with Crippen molar-refractivity contribution < 1.29 is 9.90 Å². The fraction of sp³-hybridized carbons (Fsp3) is 0.276. The van der Waals surface area contributed by atoms with E-state index in [0.29, 0.717) is 58.3 Å². The van der Waals surface area contributed by atoms with E-state index in [0.717, 1.165) is 11.3 Å². The summed E-state index contributed by atoms with van der Waals surface area (Å²) in [6.45, 7) is 1.65. The fourth-order valence-electron chi connectivity index (χ4n) is 5.28. The summed E-state index contributed by atoms with van der Waals surface area (Å²) >= 11 is 6.33. The fourth-order valence-corrected chi connectivity index (χ4v) is 5.45. The van der Waals surface area contributed by atoms with E-state index >= 15 is 0 Å². The van der Waals surface area contributed by atoms with E-state index in [1.807, 2.05) is 26.1 Å². The lowest BCUT2D eigenvalue weighted by Gasteiger charge is -2.22. The van der Waals surface area contributed by atoms with Crippen LogP contribution in [0.5, 0.6) is 0 Å². The average molecular weight is 586 g/mol. The Balaban J connectivity index is 1.43. The van der Waals surface area contributed by atoms with Crippen molar-refractivity contribution >= 4 is 23.2 Å². The van der Waals surface area contributed by atoms with Crippen LogP contribution in [0.15, 0.2) is 66.1 Å². The number of rotatable bonds is 4. The third-order valence-corrected chi connectivity index (χ3v) is 7.75. The number of halogens is 1. The molecule has 0 radical (unpaired) electrons. The van der Waals surface area contributed by atoms with Crippen LogP contribution in [0.3, 0.4) is 0 Å². The van der Waals surface area contributed by atoms with Crippen molar-refractivity contribution in [1.29, 1.82) is 0 Å². The molecule has 214 valence electrons. The molecule has 12 nitrogen and oxygen atoms in total. The minimum absolute atomic E-state index is 0.0744. The second-order valence-electron chi connectivity index (χ2n) is 10.3. The summed E-state index contributed by atoms with van der Waals surface area (Å²) in [7, 11) is 1.82. The zero-order valence-corrected chi connectivity index (χ0v) is 23.7. The molecule has 5 aromatic rings. The summed E-state index contributed by atoms with van der Waals surface area (Å²) in [6, 6.07) is 10.0. The molecule has 2 atom stereocenters. The minimum Gasteiger partial charge on any atom is -0.390 e. The summed E-state index contributed by atoms with van der Waals surface area (Å²) in [6.07, 6.45) is 8.39. The number of pyridine rings is 1. The van der Waals surface area contributed by atoms with Gasteiger partial charge in [-0.25, -0.2) is 9.67 Å². The van der Waals surface area contributed by atoms with Gasteiger partial charge in [0.1, 0.15) is 5.69 Å². The number of hydrogen-bond donors (Lipinski definition) is 2. The molecule has 6 rings (SSSR count). The summed E-state index contributed by atoms with van der Waals surface area (Å²) in [5, 5.41) is 25.3. The molecule has 0 fully saturated rings. The molecule has 4 aromatic heterocycles. The highest BCUT2D eigenvalue weighted by Gasteiger charge is 2.24. The predicted molar refractivity (Wildman–Crippen MR) is 156 cm³/mol. The number of aliphatic hydroxyl groups excluding tert-OH is 1. The van der Waals surface area contributed by atoms with Crippen LogP contribution in [0, 0.1) is 5.92 Å². The van der Waals surface area contributed by atoms with Gasteiger partial charge in [-0.3, -0.25) is 23.8 Å². The number of fused-ring (bicyclic) bond motifs is 4. The number of aromatic nitrogens is 8. The Bertz CT molecular complexity index is 1840. The van der Waals surface area contributed by atoms with Crippen molar-refractivity contribution in [3.8, 4) is 28.2 Å². The first kappa shape index (κ1) is 27.5. The van der Waals surface area contributed by atoms with Crippen LogP contribution in [-0.2, 0) is 18.4 Å². The molecule has 5 heterocycles. The van der Waals surface area contributed by atoms with Gasteiger partial charge in [0.2, 0.25) is 5.91 Å². The molecule has 2 N–H and O–H groups in total. The third-order valence-electron chi connectivity index (χ3n) is 7.51. The van der Waals surface area contributed by atoms with E-state index in [-0.39, 0.29) is 24.0 Å². The number of amides is 1. The molecule has 13 heteroatoms. The molecule has 1 aliphatic heterocycles. The predicted octanol–water partition coefficient (Wildman–Crippen LogP) is 3.78. The van der Waals surface area contributed by atoms with Gasteiger partial charge in [0.15, 0.2) is 0 Å². The van der Waals surface area contributed by atoms with Crippen LogP contribution >= 0.6 is 11.6 Å². The summed E-state index contributed by atoms with van der Waals surface area (Å²) < 4.78 is 4.81. The number of nitrogens with zero attached hydrogens (tertiary/aromatic N) is 8. The Kier molecular flexibility index (Phi) is 7.40. The normalized spacial score (nSPS) is 17.2. The number of aryl methyl sites for hydroxylation is 1. The number of benzene rings is 1. The van der Waals surface area contributed by atoms with Gasteiger partial charge in [0.25, 0.3) is 5.56 Å². The summed E-state index contributed by atoms with van der Waals surface area (Å²) in [5.41, 5.74) is 4.66. The van der Waals surface area contributed by atoms with E-state index < -0.39 is 6.04 Å². The molecule has 2 bridgehead atoms. The maximum Gasteiger partial charge on any atom is 0.254 e. The van der Waals surface area contributed by atoms with Crippen molar-refractivity contribution in [2.45, 2.75) is 38.8 Å². The van der Waals surface area contributed by atoms with Gasteiger partial charge >= 0.3 is 0 Å². The quantitative estimate of drug-likeness (QED) is 0.324. The van der Waals surface area contributed by atoms with Gasteiger partial charge in [0, 0.05) is 41.4 Å². The van der Waals surface area contributed by atoms with Crippen molar-refractivity contribution in [1.82, 2.24) is 39.3 Å². The van der Waals surface area contributed by atoms with Crippen molar-refractivity contribution in [3.63, 3.8) is 0 Å². The topological polar surface area (TPSA) is 146 Å². The molecule has 0 aliphatic carbocycles. The molecule has 1 amide bonds. The van der Waals surface area contributed by atoms with Crippen LogP contribution in [0.4, 0.5) is 5.69 Å². The highest BCUT2D eigenvalue weighted by atomic mass is 35.5. The van der Waals surface area contributed by atoms with Gasteiger partial charge in [-0.2, -0.15) is 5.10 Å². The van der Waals surface area contributed by atoms with Gasteiger partial charge < -0.3 is 10.4 Å². The molecule has 0 saturated heterocycles. The van der Waals surface area contributed by atoms with E-state index in [1.165, 1.54) is 17.1 Å². The first-order chi connectivity index (χ1) is 20.3. The zero-order chi connectivity index (χ0) is 29.4. The van der Waals surface area contributed by atoms with Gasteiger partial charge in [-0.05, 0) is 43.2 Å².